The van der Waals surface area contributed by atoms with Gasteiger partial charge in [-0.3, -0.25) is 4.98 Å². The van der Waals surface area contributed by atoms with Gasteiger partial charge in [0.1, 0.15) is 6.29 Å². The molecule has 0 spiro atoms. The van der Waals surface area contributed by atoms with Crippen LogP contribution in [0.2, 0.25) is 0 Å². The minimum atomic E-state index is -0.203. The van der Waals surface area contributed by atoms with E-state index >= 15 is 0 Å². The van der Waals surface area contributed by atoms with Crippen LogP contribution in [0.5, 0.6) is 0 Å². The maximum absolute atomic E-state index is 11.4. The molecule has 104 valence electrons. The molecule has 0 amide bonds. The van der Waals surface area contributed by atoms with Crippen molar-refractivity contribution in [1.82, 2.24) is 9.88 Å². The number of carbonyl (C=O) groups excluding carboxylic acids is 1. The molecule has 1 aliphatic heterocycles. The first-order chi connectivity index (χ1) is 9.24. The Morgan fingerprint density at radius 1 is 1.37 bits per heavy atom. The zero-order valence-corrected chi connectivity index (χ0v) is 11.5. The van der Waals surface area contributed by atoms with Crippen LogP contribution in [0.4, 0.5) is 0 Å². The molecule has 1 saturated heterocycles. The molecule has 0 radical (unpaired) electrons. The van der Waals surface area contributed by atoms with Crippen LogP contribution >= 0.6 is 0 Å². The van der Waals surface area contributed by atoms with E-state index in [-0.39, 0.29) is 5.41 Å². The van der Waals surface area contributed by atoms with Gasteiger partial charge in [0.2, 0.25) is 0 Å². The van der Waals surface area contributed by atoms with Gasteiger partial charge in [0.05, 0.1) is 0 Å². The summed E-state index contributed by atoms with van der Waals surface area (Å²) in [5, 5.41) is 0. The predicted molar refractivity (Wildman–Crippen MR) is 74.0 cm³/mol. The number of hydrogen-bond donors (Lipinski definition) is 0. The number of likely N-dealkylation sites (N-methyl/N-ethyl adjacent to an activating group) is 1. The smallest absolute Gasteiger partial charge is 0.127 e. The quantitative estimate of drug-likeness (QED) is 0.730. The van der Waals surface area contributed by atoms with Gasteiger partial charge in [-0.1, -0.05) is 0 Å². The lowest BCUT2D eigenvalue weighted by atomic mass is 9.81. The van der Waals surface area contributed by atoms with Crippen molar-refractivity contribution in [3.63, 3.8) is 0 Å². The van der Waals surface area contributed by atoms with Gasteiger partial charge in [0.15, 0.2) is 0 Å². The Bertz CT molecular complexity index is 388. The molecule has 2 heterocycles. The predicted octanol–water partition coefficient (Wildman–Crippen LogP) is 1.55. The summed E-state index contributed by atoms with van der Waals surface area (Å²) in [5.74, 6) is 0. The lowest BCUT2D eigenvalue weighted by Gasteiger charge is -2.35. The topological polar surface area (TPSA) is 42.4 Å². The number of pyridine rings is 1. The zero-order chi connectivity index (χ0) is 13.6. The Kier molecular flexibility index (Phi) is 5.05. The molecule has 0 saturated carbocycles. The second-order valence-electron chi connectivity index (χ2n) is 5.44. The molecular weight excluding hydrogens is 240 g/mol. The lowest BCUT2D eigenvalue weighted by molar-refractivity contribution is -0.122. The van der Waals surface area contributed by atoms with E-state index in [1.54, 1.807) is 0 Å². The molecule has 1 aromatic heterocycles. The Balaban J connectivity index is 1.82. The Labute approximate surface area is 114 Å². The van der Waals surface area contributed by atoms with Crippen LogP contribution in [0.15, 0.2) is 24.5 Å². The standard InChI is InChI=1S/C15H22N2O2/c1-17(9-4-14-2-7-16-8-3-14)12-15(13-18)5-10-19-11-6-15/h2-3,7-8,13H,4-6,9-12H2,1H3. The molecule has 0 atom stereocenters. The van der Waals surface area contributed by atoms with Crippen molar-refractivity contribution >= 4 is 6.29 Å². The molecule has 0 N–H and O–H groups in total. The van der Waals surface area contributed by atoms with Crippen LogP contribution in [0.25, 0.3) is 0 Å². The molecular formula is C15H22N2O2. The van der Waals surface area contributed by atoms with Gasteiger partial charge in [0.25, 0.3) is 0 Å². The van der Waals surface area contributed by atoms with E-state index in [0.717, 1.165) is 38.6 Å². The summed E-state index contributed by atoms with van der Waals surface area (Å²) in [6.07, 6.45) is 7.45. The maximum Gasteiger partial charge on any atom is 0.127 e. The number of hydrogen-bond acceptors (Lipinski definition) is 4. The molecule has 1 aliphatic rings. The van der Waals surface area contributed by atoms with Crippen LogP contribution in [0.3, 0.4) is 0 Å². The number of aromatic nitrogens is 1. The highest BCUT2D eigenvalue weighted by Crippen LogP contribution is 2.28. The van der Waals surface area contributed by atoms with Crippen molar-refractivity contribution in [1.29, 1.82) is 0 Å². The number of ether oxygens (including phenoxy) is 1. The largest absolute Gasteiger partial charge is 0.381 e. The fourth-order valence-electron chi connectivity index (χ4n) is 2.58. The highest BCUT2D eigenvalue weighted by Gasteiger charge is 2.33. The van der Waals surface area contributed by atoms with Crippen molar-refractivity contribution in [2.24, 2.45) is 5.41 Å². The summed E-state index contributed by atoms with van der Waals surface area (Å²) >= 11 is 0. The summed E-state index contributed by atoms with van der Waals surface area (Å²) in [6.45, 7) is 3.19. The van der Waals surface area contributed by atoms with Gasteiger partial charge in [-0.05, 0) is 44.0 Å². The van der Waals surface area contributed by atoms with Gasteiger partial charge in [-0.15, -0.1) is 0 Å². The lowest BCUT2D eigenvalue weighted by Crippen LogP contribution is -2.41. The molecule has 0 aromatic carbocycles. The summed E-state index contributed by atoms with van der Waals surface area (Å²) in [7, 11) is 2.09. The summed E-state index contributed by atoms with van der Waals surface area (Å²) in [5.41, 5.74) is 1.08. The van der Waals surface area contributed by atoms with E-state index in [1.165, 1.54) is 5.56 Å². The van der Waals surface area contributed by atoms with E-state index in [0.29, 0.717) is 13.2 Å². The fraction of sp³-hybridized carbons (Fsp3) is 0.600. The first-order valence-electron chi connectivity index (χ1n) is 6.86. The minimum absolute atomic E-state index is 0.203. The molecule has 0 unspecified atom stereocenters. The van der Waals surface area contributed by atoms with Crippen molar-refractivity contribution in [3.8, 4) is 0 Å². The molecule has 4 nitrogen and oxygen atoms in total. The third-order valence-corrected chi connectivity index (χ3v) is 3.85. The number of aldehydes is 1. The molecule has 1 fully saturated rings. The second kappa shape index (κ2) is 6.78. The first kappa shape index (κ1) is 14.2. The third kappa shape index (κ3) is 4.11. The van der Waals surface area contributed by atoms with Crippen LogP contribution in [-0.2, 0) is 16.0 Å². The summed E-state index contributed by atoms with van der Waals surface area (Å²) < 4.78 is 5.35. The molecule has 4 heteroatoms. The van der Waals surface area contributed by atoms with Crippen molar-refractivity contribution in [2.45, 2.75) is 19.3 Å². The van der Waals surface area contributed by atoms with Gasteiger partial charge in [-0.2, -0.15) is 0 Å². The molecule has 0 aliphatic carbocycles. The average molecular weight is 262 g/mol. The van der Waals surface area contributed by atoms with Gasteiger partial charge < -0.3 is 14.4 Å². The van der Waals surface area contributed by atoms with Gasteiger partial charge in [0, 0.05) is 44.1 Å². The van der Waals surface area contributed by atoms with Crippen LogP contribution < -0.4 is 0 Å². The second-order valence-corrected chi connectivity index (χ2v) is 5.44. The van der Waals surface area contributed by atoms with Gasteiger partial charge in [-0.25, -0.2) is 0 Å². The first-order valence-corrected chi connectivity index (χ1v) is 6.86. The molecule has 0 bridgehead atoms. The van der Waals surface area contributed by atoms with Crippen molar-refractivity contribution in [2.75, 3.05) is 33.4 Å². The normalized spacial score (nSPS) is 18.4. The molecule has 19 heavy (non-hydrogen) atoms. The third-order valence-electron chi connectivity index (χ3n) is 3.85. The van der Waals surface area contributed by atoms with Crippen LogP contribution in [0.1, 0.15) is 18.4 Å². The Hall–Kier alpha value is -1.26. The van der Waals surface area contributed by atoms with E-state index in [2.05, 4.69) is 16.9 Å². The van der Waals surface area contributed by atoms with E-state index in [4.69, 9.17) is 4.74 Å². The van der Waals surface area contributed by atoms with E-state index < -0.39 is 0 Å². The molecule has 2 rings (SSSR count). The van der Waals surface area contributed by atoms with Gasteiger partial charge >= 0.3 is 0 Å². The minimum Gasteiger partial charge on any atom is -0.381 e. The fourth-order valence-corrected chi connectivity index (χ4v) is 2.58. The number of carbonyl (C=O) groups is 1. The number of rotatable bonds is 6. The summed E-state index contributed by atoms with van der Waals surface area (Å²) in [4.78, 5) is 17.7. The molecule has 1 aromatic rings. The Morgan fingerprint density at radius 3 is 2.68 bits per heavy atom. The van der Waals surface area contributed by atoms with Crippen molar-refractivity contribution in [3.05, 3.63) is 30.1 Å². The van der Waals surface area contributed by atoms with Crippen LogP contribution in [0, 0.1) is 5.41 Å². The van der Waals surface area contributed by atoms with E-state index in [9.17, 15) is 4.79 Å². The average Bonchev–Trinajstić information content (AvgIpc) is 2.47. The SMILES string of the molecule is CN(CCc1ccncc1)CC1(C=O)CCOCC1. The number of nitrogens with zero attached hydrogens (tertiary/aromatic N) is 2. The highest BCUT2D eigenvalue weighted by molar-refractivity contribution is 5.60. The maximum atomic E-state index is 11.4. The van der Waals surface area contributed by atoms with Crippen molar-refractivity contribution < 1.29 is 9.53 Å². The zero-order valence-electron chi connectivity index (χ0n) is 11.5. The monoisotopic (exact) mass is 262 g/mol. The summed E-state index contributed by atoms with van der Waals surface area (Å²) in [6, 6.07) is 4.08. The van der Waals surface area contributed by atoms with Crippen LogP contribution in [-0.4, -0.2) is 49.5 Å². The highest BCUT2D eigenvalue weighted by atomic mass is 16.5. The Morgan fingerprint density at radius 2 is 2.05 bits per heavy atom. The van der Waals surface area contributed by atoms with E-state index in [1.807, 2.05) is 24.5 Å².